The van der Waals surface area contributed by atoms with E-state index in [0.717, 1.165) is 9.80 Å². The van der Waals surface area contributed by atoms with Gasteiger partial charge in [-0.3, -0.25) is 53.0 Å². The van der Waals surface area contributed by atoms with E-state index in [-0.39, 0.29) is 57.0 Å². The van der Waals surface area contributed by atoms with Gasteiger partial charge >= 0.3 is 5.97 Å². The molecule has 16 N–H and O–H groups in total. The van der Waals surface area contributed by atoms with E-state index in [1.54, 1.807) is 41.8 Å². The number of anilines is 1. The molecule has 0 radical (unpaired) electrons. The molecule has 27 heteroatoms. The maximum absolute atomic E-state index is 14.2. The number of aliphatic carboxylic acids is 1. The van der Waals surface area contributed by atoms with Crippen molar-refractivity contribution in [1.29, 1.82) is 0 Å². The number of unbranched alkanes of at least 4 members (excludes halogenated alkanes) is 1. The molecule has 8 atom stereocenters. The molecule has 72 heavy (non-hydrogen) atoms. The average Bonchev–Trinajstić information content (AvgIpc) is 4.14. The van der Waals surface area contributed by atoms with Crippen molar-refractivity contribution in [2.75, 3.05) is 56.5 Å². The number of nitrogens with two attached hydrogens (primary N) is 4. The minimum absolute atomic E-state index is 0.00864. The van der Waals surface area contributed by atoms with E-state index in [4.69, 9.17) is 22.9 Å². The first-order valence-electron chi connectivity index (χ1n) is 23.6. The third-order valence-corrected chi connectivity index (χ3v) is 14.2. The summed E-state index contributed by atoms with van der Waals surface area (Å²) in [6, 6.07) is 1.54. The molecule has 2 fully saturated rings. The Bertz CT molecular complexity index is 2290. The Labute approximate surface area is 423 Å². The van der Waals surface area contributed by atoms with Crippen LogP contribution in [0.4, 0.5) is 5.69 Å². The van der Waals surface area contributed by atoms with E-state index < -0.39 is 121 Å². The number of nitrogens with one attached hydrogen (secondary N) is 5. The van der Waals surface area contributed by atoms with Crippen LogP contribution >= 0.6 is 23.1 Å². The number of hydrogen-bond donors (Lipinski definition) is 12. The van der Waals surface area contributed by atoms with Gasteiger partial charge in [0, 0.05) is 48.0 Å². The number of aliphatic imine (C=N–C) groups is 1. The molecular formula is C45H65N13O12S2. The van der Waals surface area contributed by atoms with Crippen LogP contribution in [0, 0.1) is 0 Å². The third-order valence-electron chi connectivity index (χ3n) is 12.2. The van der Waals surface area contributed by atoms with Crippen molar-refractivity contribution in [3.8, 4) is 0 Å². The van der Waals surface area contributed by atoms with Gasteiger partial charge in [0.05, 0.1) is 31.0 Å². The second-order valence-corrected chi connectivity index (χ2v) is 19.6. The number of carboxylic acids is 1. The lowest BCUT2D eigenvalue weighted by Crippen LogP contribution is -2.59. The molecule has 3 aliphatic heterocycles. The Morgan fingerprint density at radius 3 is 2.32 bits per heavy atom. The molecule has 3 unspecified atom stereocenters. The number of carboxylic acid groups (broad SMARTS) is 1. The maximum Gasteiger partial charge on any atom is 0.323 e. The van der Waals surface area contributed by atoms with Crippen LogP contribution in [-0.2, 0) is 49.6 Å². The number of benzene rings is 1. The van der Waals surface area contributed by atoms with Crippen molar-refractivity contribution in [2.45, 2.75) is 111 Å². The summed E-state index contributed by atoms with van der Waals surface area (Å²) in [7, 11) is 0. The Kier molecular flexibility index (Phi) is 21.5. The van der Waals surface area contributed by atoms with Crippen LogP contribution in [0.5, 0.6) is 0 Å². The molecule has 0 saturated carbocycles. The highest BCUT2D eigenvalue weighted by molar-refractivity contribution is 7.99. The topological polar surface area (TPSA) is 401 Å². The lowest BCUT2D eigenvalue weighted by Gasteiger charge is -2.33. The Morgan fingerprint density at radius 2 is 1.62 bits per heavy atom. The Balaban J connectivity index is 1.21. The number of carbonyl (C=O) groups is 9. The first-order chi connectivity index (χ1) is 34.4. The van der Waals surface area contributed by atoms with Crippen LogP contribution in [0.1, 0.15) is 56.2 Å². The van der Waals surface area contributed by atoms with E-state index in [9.17, 15) is 58.5 Å². The van der Waals surface area contributed by atoms with Crippen molar-refractivity contribution >= 4 is 88.0 Å². The molecule has 25 nitrogen and oxygen atoms in total. The second-order valence-electron chi connectivity index (χ2n) is 17.5. The summed E-state index contributed by atoms with van der Waals surface area (Å²) in [5.41, 5.74) is 23.0. The zero-order valence-corrected chi connectivity index (χ0v) is 41.2. The first-order valence-corrected chi connectivity index (χ1v) is 25.4. The smallest absolute Gasteiger partial charge is 0.323 e. The molecule has 2 aromatic rings. The maximum atomic E-state index is 14.2. The van der Waals surface area contributed by atoms with Gasteiger partial charge in [-0.15, -0.1) is 23.1 Å². The number of thioether (sulfide) groups is 1. The van der Waals surface area contributed by atoms with E-state index in [1.165, 1.54) is 28.0 Å². The van der Waals surface area contributed by atoms with Crippen molar-refractivity contribution in [2.24, 2.45) is 27.9 Å². The average molecular weight is 1040 g/mol. The molecular weight excluding hydrogens is 979 g/mol. The summed E-state index contributed by atoms with van der Waals surface area (Å²) in [6.45, 7) is -1.78. The molecule has 1 aromatic heterocycles. The van der Waals surface area contributed by atoms with Gasteiger partial charge in [0.25, 0.3) is 5.91 Å². The number of hydrogen-bond acceptors (Lipinski definition) is 16. The van der Waals surface area contributed by atoms with Crippen LogP contribution in [0.25, 0.3) is 0 Å². The summed E-state index contributed by atoms with van der Waals surface area (Å²) >= 11 is 2.48. The van der Waals surface area contributed by atoms with Gasteiger partial charge in [0.1, 0.15) is 42.8 Å². The number of likely N-dealkylation sites (tertiary alicyclic amines) is 2. The number of fused-ring (bicyclic) bond motifs is 1. The van der Waals surface area contributed by atoms with Crippen molar-refractivity contribution in [3.05, 3.63) is 46.7 Å². The number of β-amino-alcohol motifs (C(OH)–C–C–N with tert-alkyl or cyclic N) is 1. The summed E-state index contributed by atoms with van der Waals surface area (Å²) in [4.78, 5) is 130. The molecule has 2 saturated heterocycles. The number of aliphatic hydroxyl groups excluding tert-OH is 2. The minimum atomic E-state index is -1.62. The highest BCUT2D eigenvalue weighted by Gasteiger charge is 2.46. The molecule has 0 bridgehead atoms. The molecule has 394 valence electrons. The van der Waals surface area contributed by atoms with E-state index in [0.29, 0.717) is 54.1 Å². The molecule has 0 aliphatic carbocycles. The quantitative estimate of drug-likeness (QED) is 0.0256. The number of para-hydroxylation sites is 1. The molecule has 5 rings (SSSR count). The number of amides is 8. The van der Waals surface area contributed by atoms with Gasteiger partial charge in [-0.1, -0.05) is 24.6 Å². The lowest BCUT2D eigenvalue weighted by atomic mass is 10.1. The fourth-order valence-corrected chi connectivity index (χ4v) is 10.4. The largest absolute Gasteiger partial charge is 0.480 e. The number of guanidine groups is 1. The number of thiophene rings is 1. The van der Waals surface area contributed by atoms with Gasteiger partial charge in [0.2, 0.25) is 41.4 Å². The number of nitrogens with zero attached hydrogens (tertiary/aromatic N) is 4. The van der Waals surface area contributed by atoms with Gasteiger partial charge in [-0.05, 0) is 68.6 Å². The zero-order valence-electron chi connectivity index (χ0n) is 39.6. The first kappa shape index (κ1) is 56.5. The Hall–Kier alpha value is -6.39. The Morgan fingerprint density at radius 1 is 0.875 bits per heavy atom. The van der Waals surface area contributed by atoms with Gasteiger partial charge < -0.3 is 74.6 Å². The summed E-state index contributed by atoms with van der Waals surface area (Å²) < 4.78 is 0. The van der Waals surface area contributed by atoms with E-state index in [1.807, 2.05) is 0 Å². The van der Waals surface area contributed by atoms with Crippen molar-refractivity contribution < 1.29 is 58.5 Å². The standard InChI is InChI=1S/C45H65N13O12S2/c46-14-4-3-9-27(47)38(64)53-28(10-5-15-50-45(48)49)42(68)56-16-6-12-33(56)44(70)57-21-25(60)18-34(57)41(67)51-20-36(61)52-29(19-26-8-7-17-71-26)39(65)54-30(23-59)40(66)55-31-24-72-35-13-2-1-11-32(35)58(43(31)69)22-37(62)63/h1-2,7-8,11,13,17,25,27-31,33-34,59-60H,3-6,9-10,12,14-16,18-24,46-47H2,(H,51,67)(H,52,61)(H,53,64)(H,54,65)(H,55,66)(H,62,63)(H4,48,49,50)/t25?,27?,28-,29?,30+,31-,33+,34+/m1/s1. The molecule has 0 spiro atoms. The predicted molar refractivity (Wildman–Crippen MR) is 265 cm³/mol. The van der Waals surface area contributed by atoms with Crippen molar-refractivity contribution in [3.63, 3.8) is 0 Å². The molecule has 8 amide bonds. The van der Waals surface area contributed by atoms with Crippen LogP contribution in [0.2, 0.25) is 0 Å². The number of carbonyl (C=O) groups excluding carboxylic acids is 8. The van der Waals surface area contributed by atoms with Crippen LogP contribution < -0.4 is 54.4 Å². The van der Waals surface area contributed by atoms with Crippen LogP contribution in [0.15, 0.2) is 51.7 Å². The van der Waals surface area contributed by atoms with E-state index in [2.05, 4.69) is 31.6 Å². The van der Waals surface area contributed by atoms with Crippen molar-refractivity contribution in [1.82, 2.24) is 36.4 Å². The molecule has 1 aromatic carbocycles. The zero-order chi connectivity index (χ0) is 52.5. The number of aliphatic hydroxyl groups is 2. The lowest BCUT2D eigenvalue weighted by molar-refractivity contribution is -0.148. The predicted octanol–water partition coefficient (Wildman–Crippen LogP) is -3.98. The third kappa shape index (κ3) is 15.8. The SMILES string of the molecule is NCCCCC(N)C(=O)N[C@H](CCCN=C(N)N)C(=O)N1CCC[C@H]1C(=O)N1CC(O)C[C@H]1C(=O)NCC(=O)NC(Cc1cccs1)C(=O)N[C@@H](CO)C(=O)N[C@@H]1CSc2ccccc2N(CC(=O)O)C1=O. The summed E-state index contributed by atoms with van der Waals surface area (Å²) in [6.07, 6.45) is 1.29. The fraction of sp³-hybridized carbons (Fsp3) is 0.556. The number of rotatable bonds is 25. The van der Waals surface area contributed by atoms with Gasteiger partial charge in [-0.2, -0.15) is 0 Å². The van der Waals surface area contributed by atoms with Gasteiger partial charge in [-0.25, -0.2) is 0 Å². The summed E-state index contributed by atoms with van der Waals surface area (Å²) in [5, 5.41) is 44.9. The normalized spacial score (nSPS) is 20.2. The van der Waals surface area contributed by atoms with Crippen LogP contribution in [0.3, 0.4) is 0 Å². The fourth-order valence-electron chi connectivity index (χ4n) is 8.53. The molecule has 4 heterocycles. The van der Waals surface area contributed by atoms with E-state index >= 15 is 0 Å². The summed E-state index contributed by atoms with van der Waals surface area (Å²) in [5.74, 6) is -7.37. The van der Waals surface area contributed by atoms with Crippen LogP contribution in [-0.4, -0.2) is 184 Å². The minimum Gasteiger partial charge on any atom is -0.480 e. The second kappa shape index (κ2) is 27.4. The highest BCUT2D eigenvalue weighted by atomic mass is 32.2. The highest BCUT2D eigenvalue weighted by Crippen LogP contribution is 2.34. The molecule has 3 aliphatic rings. The monoisotopic (exact) mass is 1040 g/mol. The van der Waals surface area contributed by atoms with Gasteiger partial charge in [0.15, 0.2) is 5.96 Å².